The third kappa shape index (κ3) is 1.86. The van der Waals surface area contributed by atoms with Crippen LogP contribution in [0.25, 0.3) is 10.9 Å². The first-order valence-electron chi connectivity index (χ1n) is 6.06. The normalized spacial score (nSPS) is 10.9. The number of fused-ring (bicyclic) bond motifs is 1. The molecule has 0 saturated heterocycles. The van der Waals surface area contributed by atoms with E-state index in [1.165, 1.54) is 11.1 Å². The van der Waals surface area contributed by atoms with Gasteiger partial charge in [0.1, 0.15) is 5.75 Å². The molecule has 3 aromatic rings. The van der Waals surface area contributed by atoms with Crippen LogP contribution in [0.5, 0.6) is 5.75 Å². The van der Waals surface area contributed by atoms with E-state index in [4.69, 9.17) is 0 Å². The number of nitrogens with zero attached hydrogens (tertiary/aromatic N) is 1. The molecule has 0 saturated carbocycles. The monoisotopic (exact) mass is 237 g/mol. The number of aromatic hydroxyl groups is 1. The number of rotatable bonds is 2. The highest BCUT2D eigenvalue weighted by Crippen LogP contribution is 2.25. The molecule has 0 atom stereocenters. The van der Waals surface area contributed by atoms with Crippen molar-refractivity contribution in [1.82, 2.24) is 4.57 Å². The summed E-state index contributed by atoms with van der Waals surface area (Å²) in [5.74, 6) is 0.322. The first-order valence-corrected chi connectivity index (χ1v) is 6.06. The maximum absolute atomic E-state index is 9.54. The van der Waals surface area contributed by atoms with Crippen LogP contribution in [-0.4, -0.2) is 9.67 Å². The van der Waals surface area contributed by atoms with Crippen molar-refractivity contribution in [3.05, 3.63) is 65.9 Å². The summed E-state index contributed by atoms with van der Waals surface area (Å²) < 4.78 is 2.22. The van der Waals surface area contributed by atoms with Gasteiger partial charge in [-0.2, -0.15) is 0 Å². The first kappa shape index (κ1) is 10.9. The highest BCUT2D eigenvalue weighted by molar-refractivity contribution is 5.85. The summed E-state index contributed by atoms with van der Waals surface area (Å²) in [5.41, 5.74) is 3.63. The Morgan fingerprint density at radius 2 is 1.83 bits per heavy atom. The molecule has 3 rings (SSSR count). The molecule has 0 bridgehead atoms. The molecule has 18 heavy (non-hydrogen) atoms. The van der Waals surface area contributed by atoms with E-state index in [0.717, 1.165) is 17.4 Å². The predicted octanol–water partition coefficient (Wildman–Crippen LogP) is 3.70. The van der Waals surface area contributed by atoms with Gasteiger partial charge in [0, 0.05) is 23.6 Å². The fraction of sp³-hybridized carbons (Fsp3) is 0.125. The summed E-state index contributed by atoms with van der Waals surface area (Å²) in [6, 6.07) is 15.9. The SMILES string of the molecule is Cc1cn(Cc2ccccc2)c2ccc(O)cc12. The van der Waals surface area contributed by atoms with E-state index in [9.17, 15) is 5.11 Å². The van der Waals surface area contributed by atoms with Gasteiger partial charge >= 0.3 is 0 Å². The van der Waals surface area contributed by atoms with Crippen LogP contribution in [0.4, 0.5) is 0 Å². The third-order valence-electron chi connectivity index (χ3n) is 3.26. The second-order valence-corrected chi connectivity index (χ2v) is 4.63. The zero-order valence-electron chi connectivity index (χ0n) is 10.3. The smallest absolute Gasteiger partial charge is 0.116 e. The van der Waals surface area contributed by atoms with Gasteiger partial charge in [-0.15, -0.1) is 0 Å². The number of hydrogen-bond donors (Lipinski definition) is 1. The summed E-state index contributed by atoms with van der Waals surface area (Å²) in [7, 11) is 0. The quantitative estimate of drug-likeness (QED) is 0.722. The average Bonchev–Trinajstić information content (AvgIpc) is 2.67. The number of benzene rings is 2. The molecule has 1 heterocycles. The van der Waals surface area contributed by atoms with Gasteiger partial charge < -0.3 is 9.67 Å². The fourth-order valence-electron chi connectivity index (χ4n) is 2.37. The Balaban J connectivity index is 2.08. The molecular weight excluding hydrogens is 222 g/mol. The van der Waals surface area contributed by atoms with Crippen LogP contribution in [0.2, 0.25) is 0 Å². The van der Waals surface area contributed by atoms with Crippen LogP contribution in [0.15, 0.2) is 54.7 Å². The highest BCUT2D eigenvalue weighted by Gasteiger charge is 2.06. The zero-order valence-corrected chi connectivity index (χ0v) is 10.3. The Kier molecular flexibility index (Phi) is 2.56. The summed E-state index contributed by atoms with van der Waals surface area (Å²) in [6.07, 6.45) is 2.14. The highest BCUT2D eigenvalue weighted by atomic mass is 16.3. The van der Waals surface area contributed by atoms with Crippen LogP contribution in [-0.2, 0) is 6.54 Å². The van der Waals surface area contributed by atoms with Crippen molar-refractivity contribution in [3.8, 4) is 5.75 Å². The minimum atomic E-state index is 0.322. The molecule has 0 aliphatic rings. The second kappa shape index (κ2) is 4.22. The molecule has 0 fully saturated rings. The lowest BCUT2D eigenvalue weighted by atomic mass is 10.2. The molecule has 2 nitrogen and oxygen atoms in total. The predicted molar refractivity (Wildman–Crippen MR) is 73.9 cm³/mol. The van der Waals surface area contributed by atoms with E-state index in [-0.39, 0.29) is 0 Å². The van der Waals surface area contributed by atoms with Gasteiger partial charge in [-0.05, 0) is 36.2 Å². The van der Waals surface area contributed by atoms with Crippen LogP contribution in [0.3, 0.4) is 0 Å². The molecule has 0 amide bonds. The Labute approximate surface area is 106 Å². The van der Waals surface area contributed by atoms with Crippen LogP contribution >= 0.6 is 0 Å². The molecule has 1 N–H and O–H groups in total. The largest absolute Gasteiger partial charge is 0.508 e. The molecule has 0 aliphatic carbocycles. The third-order valence-corrected chi connectivity index (χ3v) is 3.26. The lowest BCUT2D eigenvalue weighted by Gasteiger charge is -2.05. The minimum Gasteiger partial charge on any atom is -0.508 e. The average molecular weight is 237 g/mol. The van der Waals surface area contributed by atoms with Crippen LogP contribution in [0.1, 0.15) is 11.1 Å². The maximum atomic E-state index is 9.54. The second-order valence-electron chi connectivity index (χ2n) is 4.63. The van der Waals surface area contributed by atoms with Gasteiger partial charge in [0.2, 0.25) is 0 Å². The lowest BCUT2D eigenvalue weighted by molar-refractivity contribution is 0.476. The van der Waals surface area contributed by atoms with Crippen molar-refractivity contribution in [1.29, 1.82) is 0 Å². The Morgan fingerprint density at radius 3 is 2.61 bits per heavy atom. The summed E-state index contributed by atoms with van der Waals surface area (Å²) in [6.45, 7) is 2.93. The van der Waals surface area contributed by atoms with Crippen LogP contribution in [0, 0.1) is 6.92 Å². The summed E-state index contributed by atoms with van der Waals surface area (Å²) in [5, 5.41) is 10.7. The number of aryl methyl sites for hydroxylation is 1. The van der Waals surface area contributed by atoms with Gasteiger partial charge in [-0.3, -0.25) is 0 Å². The van der Waals surface area contributed by atoms with Gasteiger partial charge in [0.25, 0.3) is 0 Å². The molecule has 0 radical (unpaired) electrons. The van der Waals surface area contributed by atoms with Gasteiger partial charge in [-0.1, -0.05) is 30.3 Å². The Morgan fingerprint density at radius 1 is 1.06 bits per heavy atom. The Hall–Kier alpha value is -2.22. The van der Waals surface area contributed by atoms with Crippen molar-refractivity contribution < 1.29 is 5.11 Å². The zero-order chi connectivity index (χ0) is 12.5. The van der Waals surface area contributed by atoms with E-state index < -0.39 is 0 Å². The molecule has 0 unspecified atom stereocenters. The van der Waals surface area contributed by atoms with Crippen LogP contribution < -0.4 is 0 Å². The number of aromatic nitrogens is 1. The molecule has 0 spiro atoms. The maximum Gasteiger partial charge on any atom is 0.116 e. The van der Waals surface area contributed by atoms with E-state index >= 15 is 0 Å². The van der Waals surface area contributed by atoms with E-state index in [0.29, 0.717) is 5.75 Å². The Bertz CT molecular complexity index is 683. The van der Waals surface area contributed by atoms with Crippen molar-refractivity contribution in [2.24, 2.45) is 0 Å². The molecular formula is C16H15NO. The first-order chi connectivity index (χ1) is 8.74. The molecule has 90 valence electrons. The number of hydrogen-bond acceptors (Lipinski definition) is 1. The summed E-state index contributed by atoms with van der Waals surface area (Å²) in [4.78, 5) is 0. The number of phenols is 1. The van der Waals surface area contributed by atoms with E-state index in [2.05, 4.69) is 42.0 Å². The van der Waals surface area contributed by atoms with Crippen molar-refractivity contribution in [2.45, 2.75) is 13.5 Å². The minimum absolute atomic E-state index is 0.322. The molecule has 1 aromatic heterocycles. The molecule has 2 heteroatoms. The molecule has 2 aromatic carbocycles. The van der Waals surface area contributed by atoms with Gasteiger partial charge in [0.05, 0.1) is 0 Å². The fourth-order valence-corrected chi connectivity index (χ4v) is 2.37. The lowest BCUT2D eigenvalue weighted by Crippen LogP contribution is -1.97. The van der Waals surface area contributed by atoms with E-state index in [1.807, 2.05) is 18.2 Å². The van der Waals surface area contributed by atoms with Crippen molar-refractivity contribution in [3.63, 3.8) is 0 Å². The van der Waals surface area contributed by atoms with Crippen molar-refractivity contribution in [2.75, 3.05) is 0 Å². The molecule has 0 aliphatic heterocycles. The van der Waals surface area contributed by atoms with Gasteiger partial charge in [0.15, 0.2) is 0 Å². The summed E-state index contributed by atoms with van der Waals surface area (Å²) >= 11 is 0. The van der Waals surface area contributed by atoms with Gasteiger partial charge in [-0.25, -0.2) is 0 Å². The standard InChI is InChI=1S/C16H15NO/c1-12-10-17(11-13-5-3-2-4-6-13)16-8-7-14(18)9-15(12)16/h2-10,18H,11H2,1H3. The number of phenolic OH excluding ortho intramolecular Hbond substituents is 1. The van der Waals surface area contributed by atoms with Crippen molar-refractivity contribution >= 4 is 10.9 Å². The topological polar surface area (TPSA) is 25.2 Å². The van der Waals surface area contributed by atoms with E-state index in [1.54, 1.807) is 6.07 Å².